The number of methoxy groups -OCH3 is 1. The van der Waals surface area contributed by atoms with Crippen LogP contribution in [0.2, 0.25) is 0 Å². The van der Waals surface area contributed by atoms with Gasteiger partial charge in [0.2, 0.25) is 0 Å². The summed E-state index contributed by atoms with van der Waals surface area (Å²) in [6.07, 6.45) is 2.46. The van der Waals surface area contributed by atoms with Gasteiger partial charge in [0.1, 0.15) is 0 Å². The van der Waals surface area contributed by atoms with Gasteiger partial charge in [-0.3, -0.25) is 4.79 Å². The van der Waals surface area contributed by atoms with Crippen molar-refractivity contribution in [1.82, 2.24) is 0 Å². The predicted molar refractivity (Wildman–Crippen MR) is 72.1 cm³/mol. The molecule has 1 aromatic carbocycles. The molecule has 1 rings (SSSR count). The van der Waals surface area contributed by atoms with Crippen LogP contribution in [0.15, 0.2) is 34.7 Å². The van der Waals surface area contributed by atoms with Crippen molar-refractivity contribution in [2.75, 3.05) is 19.1 Å². The highest BCUT2D eigenvalue weighted by atomic mass is 32.2. The Bertz CT molecular complexity index is 390. The smallest absolute Gasteiger partial charge is 0.285 e. The molecule has 1 aromatic rings. The number of hydrogen-bond acceptors (Lipinski definition) is 2. The SMILES string of the molecule is CCCS(C)=NC(=O)[C@@H](OC)c1ccccc1. The van der Waals surface area contributed by atoms with Crippen molar-refractivity contribution in [3.63, 3.8) is 0 Å². The van der Waals surface area contributed by atoms with Crippen LogP contribution in [0.1, 0.15) is 25.0 Å². The molecule has 0 saturated heterocycles. The quantitative estimate of drug-likeness (QED) is 0.809. The molecule has 4 heteroatoms. The van der Waals surface area contributed by atoms with Crippen molar-refractivity contribution in [3.05, 3.63) is 35.9 Å². The summed E-state index contributed by atoms with van der Waals surface area (Å²) in [6, 6.07) is 9.47. The average Bonchev–Trinajstić information content (AvgIpc) is 2.31. The third-order valence-electron chi connectivity index (χ3n) is 2.31. The van der Waals surface area contributed by atoms with E-state index in [4.69, 9.17) is 4.74 Å². The molecule has 0 bridgehead atoms. The van der Waals surface area contributed by atoms with Gasteiger partial charge in [0.05, 0.1) is 0 Å². The van der Waals surface area contributed by atoms with Gasteiger partial charge in [-0.2, -0.15) is 4.36 Å². The molecule has 0 saturated carbocycles. The first-order valence-electron chi connectivity index (χ1n) is 5.65. The fourth-order valence-corrected chi connectivity index (χ4v) is 2.63. The molecule has 17 heavy (non-hydrogen) atoms. The monoisotopic (exact) mass is 253 g/mol. The summed E-state index contributed by atoms with van der Waals surface area (Å²) in [5.41, 5.74) is 0.859. The van der Waals surface area contributed by atoms with Crippen molar-refractivity contribution in [2.45, 2.75) is 19.4 Å². The molecule has 1 amide bonds. The van der Waals surface area contributed by atoms with Crippen molar-refractivity contribution < 1.29 is 9.53 Å². The lowest BCUT2D eigenvalue weighted by Crippen LogP contribution is -2.13. The van der Waals surface area contributed by atoms with E-state index in [1.165, 1.54) is 0 Å². The maximum atomic E-state index is 12.0. The van der Waals surface area contributed by atoms with Crippen LogP contribution in [0.4, 0.5) is 0 Å². The second-order valence-corrected chi connectivity index (χ2v) is 5.55. The van der Waals surface area contributed by atoms with Crippen LogP contribution in [-0.4, -0.2) is 25.0 Å². The van der Waals surface area contributed by atoms with Crippen molar-refractivity contribution in [2.24, 2.45) is 4.36 Å². The highest BCUT2D eigenvalue weighted by molar-refractivity contribution is 7.86. The average molecular weight is 253 g/mol. The first-order valence-corrected chi connectivity index (χ1v) is 7.41. The second-order valence-electron chi connectivity index (χ2n) is 3.76. The van der Waals surface area contributed by atoms with E-state index >= 15 is 0 Å². The van der Waals surface area contributed by atoms with E-state index in [-0.39, 0.29) is 16.6 Å². The van der Waals surface area contributed by atoms with Gasteiger partial charge < -0.3 is 4.74 Å². The Morgan fingerprint density at radius 2 is 2.06 bits per heavy atom. The minimum absolute atomic E-state index is 0.182. The fourth-order valence-electron chi connectivity index (χ4n) is 1.55. The molecule has 1 unspecified atom stereocenters. The zero-order chi connectivity index (χ0) is 12.7. The van der Waals surface area contributed by atoms with Crippen LogP contribution < -0.4 is 0 Å². The van der Waals surface area contributed by atoms with E-state index in [9.17, 15) is 4.79 Å². The zero-order valence-corrected chi connectivity index (χ0v) is 11.4. The molecule has 0 aliphatic rings. The topological polar surface area (TPSA) is 38.7 Å². The molecule has 0 N–H and O–H groups in total. The molecule has 0 aliphatic heterocycles. The lowest BCUT2D eigenvalue weighted by atomic mass is 10.1. The Hall–Kier alpha value is -1.00. The number of carbonyl (C=O) groups is 1. The standard InChI is InChI=1S/C13H19NO2S/c1-4-10-17(3)14-13(15)12(16-2)11-8-6-5-7-9-11/h5-9,12H,4,10H2,1-3H3/t12-,17?/m0/s1. The minimum atomic E-state index is -0.567. The first kappa shape index (κ1) is 14.1. The van der Waals surface area contributed by atoms with Crippen LogP contribution in [0.3, 0.4) is 0 Å². The van der Waals surface area contributed by atoms with Crippen LogP contribution in [0, 0.1) is 0 Å². The molecule has 3 nitrogen and oxygen atoms in total. The van der Waals surface area contributed by atoms with Gasteiger partial charge in [-0.25, -0.2) is 0 Å². The van der Waals surface area contributed by atoms with Gasteiger partial charge in [-0.1, -0.05) is 47.9 Å². The number of ether oxygens (including phenoxy) is 1. The van der Waals surface area contributed by atoms with E-state index < -0.39 is 6.10 Å². The number of hydrogen-bond donors (Lipinski definition) is 0. The lowest BCUT2D eigenvalue weighted by Gasteiger charge is -2.12. The van der Waals surface area contributed by atoms with Crippen LogP contribution >= 0.6 is 0 Å². The molecule has 94 valence electrons. The van der Waals surface area contributed by atoms with Crippen LogP contribution in [-0.2, 0) is 20.2 Å². The zero-order valence-electron chi connectivity index (χ0n) is 10.6. The van der Waals surface area contributed by atoms with E-state index in [0.717, 1.165) is 17.7 Å². The van der Waals surface area contributed by atoms with E-state index in [2.05, 4.69) is 11.3 Å². The van der Waals surface area contributed by atoms with Gasteiger partial charge in [-0.15, -0.1) is 0 Å². The Morgan fingerprint density at radius 3 is 2.59 bits per heavy atom. The van der Waals surface area contributed by atoms with Gasteiger partial charge >= 0.3 is 0 Å². The summed E-state index contributed by atoms with van der Waals surface area (Å²) in [4.78, 5) is 12.0. The second kappa shape index (κ2) is 7.35. The number of carbonyl (C=O) groups excluding carboxylic acids is 1. The summed E-state index contributed by atoms with van der Waals surface area (Å²) in [5, 5.41) is 0. The largest absolute Gasteiger partial charge is 0.367 e. The summed E-state index contributed by atoms with van der Waals surface area (Å²) >= 11 is 0. The minimum Gasteiger partial charge on any atom is -0.367 e. The number of benzene rings is 1. The maximum absolute atomic E-state index is 12.0. The van der Waals surface area contributed by atoms with Gasteiger partial charge in [0, 0.05) is 12.9 Å². The lowest BCUT2D eigenvalue weighted by molar-refractivity contribution is -0.127. The van der Waals surface area contributed by atoms with E-state index in [0.29, 0.717) is 0 Å². The van der Waals surface area contributed by atoms with Crippen LogP contribution in [0.5, 0.6) is 0 Å². The number of nitrogens with zero attached hydrogens (tertiary/aromatic N) is 1. The highest BCUT2D eigenvalue weighted by Gasteiger charge is 2.19. The Morgan fingerprint density at radius 1 is 1.41 bits per heavy atom. The van der Waals surface area contributed by atoms with E-state index in [1.54, 1.807) is 7.11 Å². The van der Waals surface area contributed by atoms with Gasteiger partial charge in [-0.05, 0) is 18.2 Å². The first-order chi connectivity index (χ1) is 8.19. The Balaban J connectivity index is 2.82. The van der Waals surface area contributed by atoms with E-state index in [1.807, 2.05) is 36.6 Å². The molecule has 0 heterocycles. The number of amides is 1. The van der Waals surface area contributed by atoms with Crippen molar-refractivity contribution >= 4 is 16.6 Å². The Labute approximate surface area is 105 Å². The number of rotatable bonds is 5. The molecule has 0 fully saturated rings. The summed E-state index contributed by atoms with van der Waals surface area (Å²) in [6.45, 7) is 2.09. The molecule has 2 atom stereocenters. The molecule has 0 aliphatic carbocycles. The predicted octanol–water partition coefficient (Wildman–Crippen LogP) is 2.74. The highest BCUT2D eigenvalue weighted by Crippen LogP contribution is 2.18. The fraction of sp³-hybridized carbons (Fsp3) is 0.462. The molecule has 0 aromatic heterocycles. The van der Waals surface area contributed by atoms with Gasteiger partial charge in [0.15, 0.2) is 6.10 Å². The molecular formula is C13H19NO2S. The van der Waals surface area contributed by atoms with Crippen molar-refractivity contribution in [3.8, 4) is 0 Å². The Kier molecular flexibility index (Phi) is 6.08. The molecule has 0 radical (unpaired) electrons. The normalized spacial score (nSPS) is 14.5. The maximum Gasteiger partial charge on any atom is 0.285 e. The van der Waals surface area contributed by atoms with Gasteiger partial charge in [0.25, 0.3) is 5.91 Å². The summed E-state index contributed by atoms with van der Waals surface area (Å²) in [5.74, 6) is 0.773. The third kappa shape index (κ3) is 4.40. The van der Waals surface area contributed by atoms with Crippen molar-refractivity contribution in [1.29, 1.82) is 0 Å². The van der Waals surface area contributed by atoms with Crippen LogP contribution in [0.25, 0.3) is 0 Å². The molecular weight excluding hydrogens is 234 g/mol. The third-order valence-corrected chi connectivity index (χ3v) is 3.80. The summed E-state index contributed by atoms with van der Waals surface area (Å²) < 4.78 is 9.42. The molecule has 0 spiro atoms. The summed E-state index contributed by atoms with van der Waals surface area (Å²) in [7, 11) is 1.34.